The van der Waals surface area contributed by atoms with Crippen LogP contribution >= 0.6 is 0 Å². The lowest BCUT2D eigenvalue weighted by Crippen LogP contribution is -1.91. The van der Waals surface area contributed by atoms with Gasteiger partial charge in [0.2, 0.25) is 0 Å². The Kier molecular flexibility index (Phi) is 6.05. The molecule has 0 aliphatic carbocycles. The average Bonchev–Trinajstić information content (AvgIpc) is 1.80. The monoisotopic (exact) mass is 142 g/mol. The van der Waals surface area contributed by atoms with Gasteiger partial charge in [-0.25, -0.2) is 0 Å². The van der Waals surface area contributed by atoms with Crippen LogP contribution in [0.2, 0.25) is 13.1 Å². The Morgan fingerprint density at radius 1 is 1.33 bits per heavy atom. The van der Waals surface area contributed by atoms with Gasteiger partial charge in [-0.2, -0.15) is 0 Å². The summed E-state index contributed by atoms with van der Waals surface area (Å²) in [7, 11) is -0.394. The third kappa shape index (κ3) is 7.96. The molecule has 0 aromatic heterocycles. The summed E-state index contributed by atoms with van der Waals surface area (Å²) in [4.78, 5) is 0. The number of hydrogen-bond donors (Lipinski definition) is 0. The summed E-state index contributed by atoms with van der Waals surface area (Å²) in [6, 6.07) is 0. The molecule has 0 N–H and O–H groups in total. The Bertz CT molecular complexity index is 74.6. The Hall–Kier alpha value is -0.0431. The van der Waals surface area contributed by atoms with E-state index in [9.17, 15) is 0 Å². The predicted octanol–water partition coefficient (Wildman–Crippen LogP) is 2.76. The minimum atomic E-state index is -0.394. The van der Waals surface area contributed by atoms with Crippen LogP contribution in [0.1, 0.15) is 26.2 Å². The molecule has 0 unspecified atom stereocenters. The van der Waals surface area contributed by atoms with Gasteiger partial charge in [-0.3, -0.25) is 0 Å². The van der Waals surface area contributed by atoms with E-state index in [0.29, 0.717) is 0 Å². The van der Waals surface area contributed by atoms with Crippen LogP contribution in [0.5, 0.6) is 0 Å². The second kappa shape index (κ2) is 6.08. The maximum atomic E-state index is 2.41. The SMILES string of the molecule is CCCCC=C[SiH](C)C. The highest BCUT2D eigenvalue weighted by atomic mass is 28.3. The molecule has 0 aromatic rings. The van der Waals surface area contributed by atoms with E-state index in [-0.39, 0.29) is 0 Å². The van der Waals surface area contributed by atoms with Crippen molar-refractivity contribution >= 4 is 8.80 Å². The highest BCUT2D eigenvalue weighted by Gasteiger charge is 1.84. The molecule has 9 heavy (non-hydrogen) atoms. The fourth-order valence-electron chi connectivity index (χ4n) is 0.690. The Labute approximate surface area is 60.6 Å². The van der Waals surface area contributed by atoms with Crippen LogP contribution in [0.25, 0.3) is 0 Å². The maximum Gasteiger partial charge on any atom is 0.0549 e. The summed E-state index contributed by atoms with van der Waals surface area (Å²) < 4.78 is 0. The maximum absolute atomic E-state index is 2.41. The van der Waals surface area contributed by atoms with E-state index in [0.717, 1.165) is 0 Å². The van der Waals surface area contributed by atoms with Gasteiger partial charge in [0.25, 0.3) is 0 Å². The molecule has 0 atom stereocenters. The van der Waals surface area contributed by atoms with Gasteiger partial charge in [-0.05, 0) is 6.42 Å². The minimum Gasteiger partial charge on any atom is -0.102 e. The van der Waals surface area contributed by atoms with Gasteiger partial charge in [-0.1, -0.05) is 38.9 Å². The van der Waals surface area contributed by atoms with Crippen molar-refractivity contribution in [2.75, 3.05) is 0 Å². The van der Waals surface area contributed by atoms with Crippen LogP contribution in [0.3, 0.4) is 0 Å². The highest BCUT2D eigenvalue weighted by molar-refractivity contribution is 6.61. The normalized spacial score (nSPS) is 11.6. The van der Waals surface area contributed by atoms with Crippen molar-refractivity contribution < 1.29 is 0 Å². The quantitative estimate of drug-likeness (QED) is 0.418. The Balaban J connectivity index is 3.04. The first kappa shape index (κ1) is 8.96. The molecule has 1 heteroatoms. The van der Waals surface area contributed by atoms with Crippen LogP contribution < -0.4 is 0 Å². The molecule has 0 aliphatic rings. The number of hydrogen-bond acceptors (Lipinski definition) is 0. The van der Waals surface area contributed by atoms with Gasteiger partial charge in [0.15, 0.2) is 0 Å². The zero-order valence-corrected chi connectivity index (χ0v) is 8.01. The van der Waals surface area contributed by atoms with Crippen LogP contribution in [0, 0.1) is 0 Å². The molecular formula is C8H18Si. The highest BCUT2D eigenvalue weighted by Crippen LogP contribution is 1.95. The van der Waals surface area contributed by atoms with Crippen molar-refractivity contribution in [1.82, 2.24) is 0 Å². The number of allylic oxidation sites excluding steroid dienone is 1. The largest absolute Gasteiger partial charge is 0.102 e. The van der Waals surface area contributed by atoms with Gasteiger partial charge in [0.1, 0.15) is 0 Å². The predicted molar refractivity (Wildman–Crippen MR) is 47.5 cm³/mol. The lowest BCUT2D eigenvalue weighted by Gasteiger charge is -1.90. The van der Waals surface area contributed by atoms with Gasteiger partial charge in [0.05, 0.1) is 8.80 Å². The smallest absolute Gasteiger partial charge is 0.0549 e. The van der Waals surface area contributed by atoms with E-state index in [4.69, 9.17) is 0 Å². The molecule has 0 aliphatic heterocycles. The van der Waals surface area contributed by atoms with Crippen molar-refractivity contribution in [1.29, 1.82) is 0 Å². The molecule has 0 aromatic carbocycles. The summed E-state index contributed by atoms with van der Waals surface area (Å²) in [5.41, 5.74) is 2.41. The first-order valence-electron chi connectivity index (χ1n) is 3.94. The Morgan fingerprint density at radius 3 is 2.44 bits per heavy atom. The fourth-order valence-corrected chi connectivity index (χ4v) is 1.43. The van der Waals surface area contributed by atoms with Crippen molar-refractivity contribution in [3.8, 4) is 0 Å². The van der Waals surface area contributed by atoms with Crippen molar-refractivity contribution in [3.63, 3.8) is 0 Å². The fraction of sp³-hybridized carbons (Fsp3) is 0.750. The molecule has 0 saturated heterocycles. The molecule has 54 valence electrons. The van der Waals surface area contributed by atoms with E-state index in [1.165, 1.54) is 19.3 Å². The first-order chi connectivity index (χ1) is 4.27. The molecule has 0 saturated carbocycles. The van der Waals surface area contributed by atoms with Gasteiger partial charge in [0, 0.05) is 0 Å². The lowest BCUT2D eigenvalue weighted by atomic mass is 10.2. The standard InChI is InChI=1S/C8H18Si/c1-4-5-6-7-8-9(2)3/h7-9H,4-6H2,1-3H3. The van der Waals surface area contributed by atoms with Crippen LogP contribution in [-0.2, 0) is 0 Å². The minimum absolute atomic E-state index is 0.394. The third-order valence-electron chi connectivity index (χ3n) is 1.25. The van der Waals surface area contributed by atoms with E-state index in [1.807, 2.05) is 0 Å². The summed E-state index contributed by atoms with van der Waals surface area (Å²) in [6.07, 6.45) is 6.32. The summed E-state index contributed by atoms with van der Waals surface area (Å²) in [5.74, 6) is 0. The second-order valence-corrected chi connectivity index (χ2v) is 5.69. The zero-order chi connectivity index (χ0) is 7.11. The summed E-state index contributed by atoms with van der Waals surface area (Å²) in [5, 5.41) is 0. The number of unbranched alkanes of at least 4 members (excludes halogenated alkanes) is 2. The molecule has 0 spiro atoms. The Morgan fingerprint density at radius 2 is 2.00 bits per heavy atom. The van der Waals surface area contributed by atoms with E-state index < -0.39 is 8.80 Å². The molecule has 0 radical (unpaired) electrons. The molecule has 0 fully saturated rings. The molecule has 0 rings (SSSR count). The van der Waals surface area contributed by atoms with Gasteiger partial charge in [-0.15, -0.1) is 5.70 Å². The van der Waals surface area contributed by atoms with Crippen LogP contribution in [0.4, 0.5) is 0 Å². The molecule has 0 amide bonds. The molecule has 0 nitrogen and oxygen atoms in total. The van der Waals surface area contributed by atoms with Crippen molar-refractivity contribution in [2.24, 2.45) is 0 Å². The van der Waals surface area contributed by atoms with E-state index in [2.05, 4.69) is 31.8 Å². The number of rotatable bonds is 4. The average molecular weight is 142 g/mol. The third-order valence-corrected chi connectivity index (χ3v) is 2.29. The van der Waals surface area contributed by atoms with Gasteiger partial charge < -0.3 is 0 Å². The summed E-state index contributed by atoms with van der Waals surface area (Å²) in [6.45, 7) is 6.94. The van der Waals surface area contributed by atoms with Crippen LogP contribution in [-0.4, -0.2) is 8.80 Å². The summed E-state index contributed by atoms with van der Waals surface area (Å²) >= 11 is 0. The lowest BCUT2D eigenvalue weighted by molar-refractivity contribution is 0.815. The van der Waals surface area contributed by atoms with Gasteiger partial charge >= 0.3 is 0 Å². The van der Waals surface area contributed by atoms with E-state index >= 15 is 0 Å². The molecule has 0 bridgehead atoms. The molecular weight excluding hydrogens is 124 g/mol. The first-order valence-corrected chi connectivity index (χ1v) is 6.91. The van der Waals surface area contributed by atoms with Crippen LogP contribution in [0.15, 0.2) is 11.8 Å². The van der Waals surface area contributed by atoms with Crippen molar-refractivity contribution in [3.05, 3.63) is 11.8 Å². The van der Waals surface area contributed by atoms with Crippen molar-refractivity contribution in [2.45, 2.75) is 39.3 Å². The zero-order valence-electron chi connectivity index (χ0n) is 6.85. The van der Waals surface area contributed by atoms with E-state index in [1.54, 1.807) is 0 Å². The topological polar surface area (TPSA) is 0 Å². The molecule has 0 heterocycles. The second-order valence-electron chi connectivity index (χ2n) is 2.81.